The number of fused-ring (bicyclic) bond motifs is 6. The van der Waals surface area contributed by atoms with Gasteiger partial charge in [-0.05, 0) is 48.0 Å². The van der Waals surface area contributed by atoms with Gasteiger partial charge in [-0.3, -0.25) is 4.98 Å². The normalized spacial score (nSPS) is 12.3. The number of nitrogens with zero attached hydrogens (tertiary/aromatic N) is 1. The summed E-state index contributed by atoms with van der Waals surface area (Å²) in [6, 6.07) is 30.7. The van der Waals surface area contributed by atoms with Crippen molar-refractivity contribution < 1.29 is 4.42 Å². The number of thiophene rings is 1. The minimum absolute atomic E-state index is 0.930. The first-order valence-corrected chi connectivity index (χ1v) is 17.0. The van der Waals surface area contributed by atoms with Gasteiger partial charge >= 0.3 is 0 Å². The second kappa shape index (κ2) is 8.14. The Hall–Kier alpha value is -3.73. The number of hydrogen-bond acceptors (Lipinski definition) is 3. The van der Waals surface area contributed by atoms with Crippen molar-refractivity contribution in [3.8, 4) is 22.6 Å². The van der Waals surface area contributed by atoms with Crippen molar-refractivity contribution in [3.05, 3.63) is 96.7 Å². The maximum atomic E-state index is 6.51. The van der Waals surface area contributed by atoms with E-state index in [4.69, 9.17) is 9.40 Å². The van der Waals surface area contributed by atoms with Crippen molar-refractivity contribution >= 4 is 66.5 Å². The highest BCUT2D eigenvalue weighted by atomic mass is 32.1. The lowest BCUT2D eigenvalue weighted by molar-refractivity contribution is 0.629. The molecule has 0 unspecified atom stereocenters. The van der Waals surface area contributed by atoms with E-state index in [1.807, 2.05) is 17.5 Å². The highest BCUT2D eigenvalue weighted by Gasteiger charge is 2.20. The van der Waals surface area contributed by atoms with Gasteiger partial charge in [0, 0.05) is 48.4 Å². The highest BCUT2D eigenvalue weighted by molar-refractivity contribution is 7.26. The number of aromatic nitrogens is 1. The topological polar surface area (TPSA) is 26.0 Å². The van der Waals surface area contributed by atoms with Gasteiger partial charge in [0.25, 0.3) is 0 Å². The van der Waals surface area contributed by atoms with E-state index in [1.165, 1.54) is 52.6 Å². The molecular weight excluding hydrogens is 487 g/mol. The van der Waals surface area contributed by atoms with Crippen LogP contribution < -0.4 is 5.19 Å². The second-order valence-electron chi connectivity index (χ2n) is 10.9. The number of hydrogen-bond donors (Lipinski definition) is 0. The van der Waals surface area contributed by atoms with E-state index >= 15 is 0 Å². The van der Waals surface area contributed by atoms with E-state index in [1.54, 1.807) is 0 Å². The molecule has 0 aliphatic heterocycles. The van der Waals surface area contributed by atoms with Crippen LogP contribution in [0.4, 0.5) is 0 Å². The molecule has 4 aromatic carbocycles. The number of pyridine rings is 1. The molecule has 0 aliphatic carbocycles. The molecule has 7 aromatic rings. The second-order valence-corrected chi connectivity index (χ2v) is 17.0. The van der Waals surface area contributed by atoms with Crippen LogP contribution in [0.25, 0.3) is 64.5 Å². The summed E-state index contributed by atoms with van der Waals surface area (Å²) in [5, 5.41) is 7.76. The van der Waals surface area contributed by atoms with E-state index in [9.17, 15) is 0 Å². The Kier molecular flexibility index (Phi) is 4.94. The van der Waals surface area contributed by atoms with E-state index in [-0.39, 0.29) is 0 Å². The summed E-state index contributed by atoms with van der Waals surface area (Å²) in [7, 11) is -1.42. The molecule has 0 amide bonds. The van der Waals surface area contributed by atoms with Gasteiger partial charge in [-0.25, -0.2) is 0 Å². The van der Waals surface area contributed by atoms with Crippen molar-refractivity contribution in [2.24, 2.45) is 0 Å². The Morgan fingerprint density at radius 2 is 1.57 bits per heavy atom. The molecule has 0 spiro atoms. The Labute approximate surface area is 221 Å². The van der Waals surface area contributed by atoms with Crippen molar-refractivity contribution in [3.63, 3.8) is 0 Å². The quantitative estimate of drug-likeness (QED) is 0.220. The third-order valence-corrected chi connectivity index (χ3v) is 10.7. The Bertz CT molecular complexity index is 1990. The average molecular weight is 514 g/mol. The monoisotopic (exact) mass is 513 g/mol. The number of aryl methyl sites for hydroxylation is 1. The average Bonchev–Trinajstić information content (AvgIpc) is 3.46. The number of furan rings is 1. The van der Waals surface area contributed by atoms with Gasteiger partial charge in [-0.2, -0.15) is 0 Å². The van der Waals surface area contributed by atoms with Gasteiger partial charge in [-0.1, -0.05) is 79.4 Å². The Morgan fingerprint density at radius 1 is 0.784 bits per heavy atom. The molecule has 180 valence electrons. The van der Waals surface area contributed by atoms with Crippen LogP contribution in [-0.4, -0.2) is 13.1 Å². The SMILES string of the molecule is Cc1c(-c2ccnc(-c3cc4ccccc4c4c3sc3ccccc34)c2)oc2cc([Si](C)(C)C)ccc12. The molecule has 0 atom stereocenters. The van der Waals surface area contributed by atoms with E-state index in [0.29, 0.717) is 0 Å². The third kappa shape index (κ3) is 3.55. The van der Waals surface area contributed by atoms with Gasteiger partial charge in [0.2, 0.25) is 0 Å². The molecule has 0 saturated carbocycles. The van der Waals surface area contributed by atoms with Crippen LogP contribution in [0, 0.1) is 6.92 Å². The minimum Gasteiger partial charge on any atom is -0.456 e. The Morgan fingerprint density at radius 3 is 2.41 bits per heavy atom. The summed E-state index contributed by atoms with van der Waals surface area (Å²) in [6.45, 7) is 9.28. The summed E-state index contributed by atoms with van der Waals surface area (Å²) in [4.78, 5) is 4.86. The van der Waals surface area contributed by atoms with Crippen molar-refractivity contribution in [2.45, 2.75) is 26.6 Å². The zero-order valence-electron chi connectivity index (χ0n) is 21.4. The smallest absolute Gasteiger partial charge is 0.138 e. The molecule has 0 bridgehead atoms. The van der Waals surface area contributed by atoms with Crippen LogP contribution in [0.15, 0.2) is 95.5 Å². The zero-order chi connectivity index (χ0) is 25.3. The van der Waals surface area contributed by atoms with Gasteiger partial charge in [-0.15, -0.1) is 11.3 Å². The van der Waals surface area contributed by atoms with Gasteiger partial charge in [0.05, 0.1) is 13.8 Å². The number of rotatable bonds is 3. The van der Waals surface area contributed by atoms with Crippen LogP contribution in [-0.2, 0) is 0 Å². The van der Waals surface area contributed by atoms with E-state index in [0.717, 1.165) is 22.6 Å². The molecule has 0 saturated heterocycles. The molecule has 37 heavy (non-hydrogen) atoms. The van der Waals surface area contributed by atoms with Gasteiger partial charge < -0.3 is 4.42 Å². The van der Waals surface area contributed by atoms with Crippen LogP contribution in [0.2, 0.25) is 19.6 Å². The molecular formula is C33H27NOSSi. The first-order chi connectivity index (χ1) is 17.9. The third-order valence-electron chi connectivity index (χ3n) is 7.47. The summed E-state index contributed by atoms with van der Waals surface area (Å²) in [5.74, 6) is 0.930. The van der Waals surface area contributed by atoms with Crippen LogP contribution in [0.3, 0.4) is 0 Å². The Balaban J connectivity index is 1.45. The first kappa shape index (κ1) is 22.5. The minimum atomic E-state index is -1.42. The molecule has 0 aliphatic rings. The molecule has 0 N–H and O–H groups in total. The van der Waals surface area contributed by atoms with E-state index < -0.39 is 8.07 Å². The summed E-state index contributed by atoms with van der Waals surface area (Å²) >= 11 is 1.85. The lowest BCUT2D eigenvalue weighted by Gasteiger charge is -2.15. The standard InChI is InChI=1S/C33H27NOSSi/c1-20-24-14-13-23(37(2,3)4)19-29(24)35-32(20)22-15-16-34-28(18-22)27-17-21-9-5-6-10-25(21)31-26-11-7-8-12-30(26)36-33(27)31/h5-19H,1-4H3. The van der Waals surface area contributed by atoms with Crippen LogP contribution in [0.1, 0.15) is 5.56 Å². The van der Waals surface area contributed by atoms with Crippen molar-refractivity contribution in [2.75, 3.05) is 0 Å². The number of benzene rings is 4. The lowest BCUT2D eigenvalue weighted by Crippen LogP contribution is -2.37. The molecule has 7 rings (SSSR count). The maximum absolute atomic E-state index is 6.51. The zero-order valence-corrected chi connectivity index (χ0v) is 23.2. The molecule has 0 radical (unpaired) electrons. The van der Waals surface area contributed by atoms with Crippen molar-refractivity contribution in [1.82, 2.24) is 4.98 Å². The predicted molar refractivity (Wildman–Crippen MR) is 163 cm³/mol. The molecule has 4 heteroatoms. The fraction of sp³-hybridized carbons (Fsp3) is 0.121. The van der Waals surface area contributed by atoms with Crippen LogP contribution in [0.5, 0.6) is 0 Å². The first-order valence-electron chi connectivity index (χ1n) is 12.7. The summed E-state index contributed by atoms with van der Waals surface area (Å²) in [5.41, 5.74) is 5.37. The van der Waals surface area contributed by atoms with Gasteiger partial charge in [0.15, 0.2) is 0 Å². The van der Waals surface area contributed by atoms with E-state index in [2.05, 4.69) is 111 Å². The molecule has 2 nitrogen and oxygen atoms in total. The molecule has 3 heterocycles. The van der Waals surface area contributed by atoms with Crippen LogP contribution >= 0.6 is 11.3 Å². The fourth-order valence-electron chi connectivity index (χ4n) is 5.45. The largest absolute Gasteiger partial charge is 0.456 e. The molecule has 3 aromatic heterocycles. The van der Waals surface area contributed by atoms with Crippen molar-refractivity contribution in [1.29, 1.82) is 0 Å². The summed E-state index contributed by atoms with van der Waals surface area (Å²) in [6.07, 6.45) is 1.92. The predicted octanol–water partition coefficient (Wildman–Crippen LogP) is 9.54. The fourth-order valence-corrected chi connectivity index (χ4v) is 7.84. The molecule has 0 fully saturated rings. The maximum Gasteiger partial charge on any atom is 0.138 e. The van der Waals surface area contributed by atoms with Gasteiger partial charge in [0.1, 0.15) is 11.3 Å². The highest BCUT2D eigenvalue weighted by Crippen LogP contribution is 2.44. The lowest BCUT2D eigenvalue weighted by atomic mass is 9.98. The summed E-state index contributed by atoms with van der Waals surface area (Å²) < 4.78 is 9.10.